The number of carbonyl (C=O) groups excluding carboxylic acids is 1. The van der Waals surface area contributed by atoms with Gasteiger partial charge in [-0.2, -0.15) is 0 Å². The first-order chi connectivity index (χ1) is 13.9. The Hall–Kier alpha value is -3.55. The topological polar surface area (TPSA) is 76.1 Å². The zero-order chi connectivity index (χ0) is 20.8. The quantitative estimate of drug-likeness (QED) is 0.633. The number of hydrogen-bond donors (Lipinski definition) is 2. The van der Waals surface area contributed by atoms with Gasteiger partial charge in [0, 0.05) is 24.0 Å². The number of hydrogen-bond acceptors (Lipinski definition) is 5. The standard InChI is InChI=1S/C21H20F2N4O2/c1-13-11-19(20(28)24-10-9-14-3-6-16(29-2)7-4-14)27-21(25-13)26-15-5-8-17(22)18(23)12-15/h3-8,11-12H,9-10H2,1-2H3,(H,24,28)(H,25,26,27). The molecule has 1 amide bonds. The third-order valence-electron chi connectivity index (χ3n) is 4.12. The summed E-state index contributed by atoms with van der Waals surface area (Å²) in [4.78, 5) is 20.8. The Morgan fingerprint density at radius 3 is 2.48 bits per heavy atom. The highest BCUT2D eigenvalue weighted by Gasteiger charge is 2.11. The number of amides is 1. The van der Waals surface area contributed by atoms with Crippen molar-refractivity contribution in [2.75, 3.05) is 19.0 Å². The van der Waals surface area contributed by atoms with Gasteiger partial charge in [-0.25, -0.2) is 18.7 Å². The Morgan fingerprint density at radius 2 is 1.79 bits per heavy atom. The van der Waals surface area contributed by atoms with Gasteiger partial charge in [0.25, 0.3) is 5.91 Å². The van der Waals surface area contributed by atoms with Crippen LogP contribution in [0.1, 0.15) is 21.7 Å². The van der Waals surface area contributed by atoms with Crippen LogP contribution in [-0.4, -0.2) is 29.5 Å². The van der Waals surface area contributed by atoms with Crippen molar-refractivity contribution in [1.29, 1.82) is 0 Å². The van der Waals surface area contributed by atoms with Crippen LogP contribution in [0.3, 0.4) is 0 Å². The molecule has 3 rings (SSSR count). The van der Waals surface area contributed by atoms with Gasteiger partial charge in [0.1, 0.15) is 11.4 Å². The Labute approximate surface area is 167 Å². The minimum atomic E-state index is -0.987. The highest BCUT2D eigenvalue weighted by molar-refractivity contribution is 5.92. The summed E-state index contributed by atoms with van der Waals surface area (Å²) >= 11 is 0. The van der Waals surface area contributed by atoms with Crippen LogP contribution < -0.4 is 15.4 Å². The fraction of sp³-hybridized carbons (Fsp3) is 0.190. The SMILES string of the molecule is COc1ccc(CCNC(=O)c2cc(C)nc(Nc3ccc(F)c(F)c3)n2)cc1. The van der Waals surface area contributed by atoms with Crippen molar-refractivity contribution in [3.05, 3.63) is 77.1 Å². The monoisotopic (exact) mass is 398 g/mol. The Balaban J connectivity index is 1.63. The maximum Gasteiger partial charge on any atom is 0.270 e. The maximum absolute atomic E-state index is 13.4. The number of nitrogens with zero attached hydrogens (tertiary/aromatic N) is 2. The van der Waals surface area contributed by atoms with E-state index in [1.54, 1.807) is 20.1 Å². The Kier molecular flexibility index (Phi) is 6.33. The second kappa shape index (κ2) is 9.09. The molecule has 3 aromatic rings. The second-order valence-electron chi connectivity index (χ2n) is 6.33. The van der Waals surface area contributed by atoms with Crippen LogP contribution >= 0.6 is 0 Å². The predicted octanol–water partition coefficient (Wildman–Crippen LogP) is 3.79. The average Bonchev–Trinajstić information content (AvgIpc) is 2.71. The number of nitrogens with one attached hydrogen (secondary N) is 2. The van der Waals surface area contributed by atoms with E-state index in [0.29, 0.717) is 18.7 Å². The molecule has 150 valence electrons. The van der Waals surface area contributed by atoms with E-state index in [4.69, 9.17) is 4.74 Å². The fourth-order valence-corrected chi connectivity index (χ4v) is 2.65. The van der Waals surface area contributed by atoms with E-state index in [-0.39, 0.29) is 23.2 Å². The van der Waals surface area contributed by atoms with Gasteiger partial charge in [-0.05, 0) is 49.2 Å². The molecule has 0 saturated carbocycles. The van der Waals surface area contributed by atoms with Gasteiger partial charge < -0.3 is 15.4 Å². The van der Waals surface area contributed by atoms with E-state index < -0.39 is 11.6 Å². The van der Waals surface area contributed by atoms with Crippen LogP contribution in [0.4, 0.5) is 20.4 Å². The molecule has 6 nitrogen and oxygen atoms in total. The molecule has 0 atom stereocenters. The van der Waals surface area contributed by atoms with Gasteiger partial charge in [0.15, 0.2) is 11.6 Å². The summed E-state index contributed by atoms with van der Waals surface area (Å²) in [5.74, 6) is -1.39. The summed E-state index contributed by atoms with van der Waals surface area (Å²) in [6.45, 7) is 2.15. The smallest absolute Gasteiger partial charge is 0.270 e. The molecule has 0 saturated heterocycles. The largest absolute Gasteiger partial charge is 0.497 e. The normalized spacial score (nSPS) is 10.5. The molecule has 0 aliphatic rings. The number of aryl methyl sites for hydroxylation is 1. The summed E-state index contributed by atoms with van der Waals surface area (Å²) in [7, 11) is 1.61. The Morgan fingerprint density at radius 1 is 1.03 bits per heavy atom. The molecule has 0 fully saturated rings. The predicted molar refractivity (Wildman–Crippen MR) is 105 cm³/mol. The first-order valence-corrected chi connectivity index (χ1v) is 8.93. The van der Waals surface area contributed by atoms with Gasteiger partial charge in [-0.3, -0.25) is 4.79 Å². The van der Waals surface area contributed by atoms with E-state index in [1.165, 1.54) is 6.07 Å². The van der Waals surface area contributed by atoms with Crippen molar-refractivity contribution < 1.29 is 18.3 Å². The van der Waals surface area contributed by atoms with E-state index in [1.807, 2.05) is 24.3 Å². The van der Waals surface area contributed by atoms with Crippen LogP contribution in [-0.2, 0) is 6.42 Å². The molecule has 8 heteroatoms. The molecule has 0 aliphatic heterocycles. The molecule has 0 aliphatic carbocycles. The number of rotatable bonds is 7. The van der Waals surface area contributed by atoms with Crippen molar-refractivity contribution in [1.82, 2.24) is 15.3 Å². The zero-order valence-corrected chi connectivity index (χ0v) is 16.0. The second-order valence-corrected chi connectivity index (χ2v) is 6.33. The highest BCUT2D eigenvalue weighted by Crippen LogP contribution is 2.17. The van der Waals surface area contributed by atoms with Crippen molar-refractivity contribution in [2.45, 2.75) is 13.3 Å². The first kappa shape index (κ1) is 20.2. The molecule has 2 N–H and O–H groups in total. The fourth-order valence-electron chi connectivity index (χ4n) is 2.65. The lowest BCUT2D eigenvalue weighted by atomic mass is 10.1. The van der Waals surface area contributed by atoms with Crippen molar-refractivity contribution in [3.63, 3.8) is 0 Å². The maximum atomic E-state index is 13.4. The number of carbonyl (C=O) groups is 1. The summed E-state index contributed by atoms with van der Waals surface area (Å²) in [5, 5.41) is 5.59. The number of anilines is 2. The number of halogens is 2. The molecular weight excluding hydrogens is 378 g/mol. The van der Waals surface area contributed by atoms with E-state index in [9.17, 15) is 13.6 Å². The molecule has 1 heterocycles. The molecule has 2 aromatic carbocycles. The molecule has 0 radical (unpaired) electrons. The number of methoxy groups -OCH3 is 1. The third-order valence-corrected chi connectivity index (χ3v) is 4.12. The first-order valence-electron chi connectivity index (χ1n) is 8.93. The van der Waals surface area contributed by atoms with Crippen molar-refractivity contribution in [3.8, 4) is 5.75 Å². The summed E-state index contributed by atoms with van der Waals surface area (Å²) in [6, 6.07) is 12.5. The van der Waals surface area contributed by atoms with Crippen LogP contribution in [0.15, 0.2) is 48.5 Å². The molecule has 1 aromatic heterocycles. The van der Waals surface area contributed by atoms with Crippen LogP contribution in [0, 0.1) is 18.6 Å². The average molecular weight is 398 g/mol. The zero-order valence-electron chi connectivity index (χ0n) is 16.0. The molecule has 29 heavy (non-hydrogen) atoms. The number of ether oxygens (including phenoxy) is 1. The van der Waals surface area contributed by atoms with E-state index >= 15 is 0 Å². The van der Waals surface area contributed by atoms with Gasteiger partial charge >= 0.3 is 0 Å². The van der Waals surface area contributed by atoms with E-state index in [0.717, 1.165) is 23.4 Å². The highest BCUT2D eigenvalue weighted by atomic mass is 19.2. The lowest BCUT2D eigenvalue weighted by Gasteiger charge is -2.09. The summed E-state index contributed by atoms with van der Waals surface area (Å²) in [6.07, 6.45) is 0.653. The number of aromatic nitrogens is 2. The van der Waals surface area contributed by atoms with Gasteiger partial charge in [-0.1, -0.05) is 12.1 Å². The summed E-state index contributed by atoms with van der Waals surface area (Å²) < 4.78 is 31.5. The van der Waals surface area contributed by atoms with Crippen LogP contribution in [0.25, 0.3) is 0 Å². The molecule has 0 spiro atoms. The van der Waals surface area contributed by atoms with Crippen LogP contribution in [0.5, 0.6) is 5.75 Å². The summed E-state index contributed by atoms with van der Waals surface area (Å²) in [5.41, 5.74) is 2.08. The lowest BCUT2D eigenvalue weighted by molar-refractivity contribution is 0.0949. The minimum Gasteiger partial charge on any atom is -0.497 e. The molecular formula is C21H20F2N4O2. The van der Waals surface area contributed by atoms with Crippen molar-refractivity contribution >= 4 is 17.5 Å². The minimum absolute atomic E-state index is 0.122. The molecule has 0 bridgehead atoms. The third kappa shape index (κ3) is 5.47. The van der Waals surface area contributed by atoms with Gasteiger partial charge in [0.2, 0.25) is 5.95 Å². The van der Waals surface area contributed by atoms with Gasteiger partial charge in [-0.15, -0.1) is 0 Å². The number of benzene rings is 2. The lowest BCUT2D eigenvalue weighted by Crippen LogP contribution is -2.27. The Bertz CT molecular complexity index is 1010. The van der Waals surface area contributed by atoms with Crippen LogP contribution in [0.2, 0.25) is 0 Å². The molecule has 0 unspecified atom stereocenters. The van der Waals surface area contributed by atoms with Crippen molar-refractivity contribution in [2.24, 2.45) is 0 Å². The van der Waals surface area contributed by atoms with E-state index in [2.05, 4.69) is 20.6 Å². The van der Waals surface area contributed by atoms with Gasteiger partial charge in [0.05, 0.1) is 7.11 Å².